The monoisotopic (exact) mass is 253 g/mol. The summed E-state index contributed by atoms with van der Waals surface area (Å²) in [6.45, 7) is 3.02. The predicted octanol–water partition coefficient (Wildman–Crippen LogP) is 1.28. The van der Waals surface area contributed by atoms with Gasteiger partial charge in [0, 0.05) is 13.2 Å². The van der Waals surface area contributed by atoms with Crippen LogP contribution >= 0.6 is 0 Å². The number of rotatable bonds is 4. The maximum atomic E-state index is 11.7. The number of carbonyl (C=O) groups excluding carboxylic acids is 1. The molecule has 0 bridgehead atoms. The molecule has 0 aliphatic carbocycles. The van der Waals surface area contributed by atoms with Crippen LogP contribution in [0.4, 0.5) is 0 Å². The summed E-state index contributed by atoms with van der Waals surface area (Å²) in [6, 6.07) is 2.60. The van der Waals surface area contributed by atoms with Crippen LogP contribution in [0.1, 0.15) is 40.9 Å². The smallest absolute Gasteiger partial charge is 0.371 e. The standard InChI is InChI=1S/C12H15NO5/c1-12(5-2-6-17-12)7-13-10(14)8-3-4-9(18-8)11(15)16/h3-4H,2,5-7H2,1H3,(H,13,14)(H,15,16). The molecule has 98 valence electrons. The van der Waals surface area contributed by atoms with Crippen LogP contribution in [0.2, 0.25) is 0 Å². The Bertz CT molecular complexity index is 459. The van der Waals surface area contributed by atoms with E-state index >= 15 is 0 Å². The van der Waals surface area contributed by atoms with Crippen LogP contribution in [0.3, 0.4) is 0 Å². The molecule has 0 saturated carbocycles. The van der Waals surface area contributed by atoms with E-state index in [1.165, 1.54) is 12.1 Å². The predicted molar refractivity (Wildman–Crippen MR) is 61.6 cm³/mol. The molecule has 2 heterocycles. The van der Waals surface area contributed by atoms with Crippen LogP contribution in [0.15, 0.2) is 16.5 Å². The van der Waals surface area contributed by atoms with E-state index in [1.54, 1.807) is 0 Å². The topological polar surface area (TPSA) is 88.8 Å². The minimum absolute atomic E-state index is 0.00556. The molecule has 6 nitrogen and oxygen atoms in total. The minimum atomic E-state index is -1.19. The van der Waals surface area contributed by atoms with Gasteiger partial charge in [-0.3, -0.25) is 4.79 Å². The number of carboxylic acid groups (broad SMARTS) is 1. The quantitative estimate of drug-likeness (QED) is 0.843. The Hall–Kier alpha value is -1.82. The molecule has 1 aromatic heterocycles. The van der Waals surface area contributed by atoms with Crippen LogP contribution in [0, 0.1) is 0 Å². The highest BCUT2D eigenvalue weighted by Gasteiger charge is 2.30. The zero-order chi connectivity index (χ0) is 13.2. The van der Waals surface area contributed by atoms with Gasteiger partial charge in [-0.15, -0.1) is 0 Å². The second kappa shape index (κ2) is 4.81. The lowest BCUT2D eigenvalue weighted by Gasteiger charge is -2.22. The molecular weight excluding hydrogens is 238 g/mol. The molecule has 18 heavy (non-hydrogen) atoms. The highest BCUT2D eigenvalue weighted by atomic mass is 16.5. The van der Waals surface area contributed by atoms with Gasteiger partial charge in [0.2, 0.25) is 5.76 Å². The lowest BCUT2D eigenvalue weighted by Crippen LogP contribution is -2.40. The first-order valence-corrected chi connectivity index (χ1v) is 5.75. The van der Waals surface area contributed by atoms with Crippen molar-refractivity contribution in [2.45, 2.75) is 25.4 Å². The number of carboxylic acids is 1. The Morgan fingerprint density at radius 1 is 1.44 bits per heavy atom. The molecule has 0 spiro atoms. The summed E-state index contributed by atoms with van der Waals surface area (Å²) in [6.07, 6.45) is 1.88. The second-order valence-electron chi connectivity index (χ2n) is 4.55. The highest BCUT2D eigenvalue weighted by Crippen LogP contribution is 2.24. The van der Waals surface area contributed by atoms with Crippen molar-refractivity contribution in [3.05, 3.63) is 23.7 Å². The Balaban J connectivity index is 1.93. The van der Waals surface area contributed by atoms with Crippen molar-refractivity contribution >= 4 is 11.9 Å². The summed E-state index contributed by atoms with van der Waals surface area (Å²) < 4.78 is 10.4. The number of carbonyl (C=O) groups is 2. The van der Waals surface area contributed by atoms with E-state index in [0.29, 0.717) is 13.2 Å². The first-order chi connectivity index (χ1) is 8.50. The largest absolute Gasteiger partial charge is 0.475 e. The van der Waals surface area contributed by atoms with Crippen LogP contribution < -0.4 is 5.32 Å². The molecular formula is C12H15NO5. The van der Waals surface area contributed by atoms with Crippen molar-refractivity contribution in [2.75, 3.05) is 13.2 Å². The third kappa shape index (κ3) is 2.70. The number of aromatic carboxylic acids is 1. The Kier molecular flexibility index (Phi) is 3.38. The second-order valence-corrected chi connectivity index (χ2v) is 4.55. The van der Waals surface area contributed by atoms with E-state index in [-0.39, 0.29) is 17.1 Å². The first-order valence-electron chi connectivity index (χ1n) is 5.75. The number of ether oxygens (including phenoxy) is 1. The molecule has 1 atom stereocenters. The van der Waals surface area contributed by atoms with Gasteiger partial charge in [0.15, 0.2) is 5.76 Å². The van der Waals surface area contributed by atoms with Gasteiger partial charge < -0.3 is 19.6 Å². The molecule has 6 heteroatoms. The zero-order valence-corrected chi connectivity index (χ0v) is 10.1. The summed E-state index contributed by atoms with van der Waals surface area (Å²) in [5.74, 6) is -1.88. The lowest BCUT2D eigenvalue weighted by molar-refractivity contribution is 0.0203. The Morgan fingerprint density at radius 3 is 2.72 bits per heavy atom. The third-order valence-electron chi connectivity index (χ3n) is 2.96. The molecule has 1 amide bonds. The molecule has 1 unspecified atom stereocenters. The SMILES string of the molecule is CC1(CNC(=O)c2ccc(C(=O)O)o2)CCCO1. The van der Waals surface area contributed by atoms with Gasteiger partial charge in [0.25, 0.3) is 5.91 Å². The summed E-state index contributed by atoms with van der Waals surface area (Å²) in [5, 5.41) is 11.4. The van der Waals surface area contributed by atoms with Crippen molar-refractivity contribution in [2.24, 2.45) is 0 Å². The zero-order valence-electron chi connectivity index (χ0n) is 10.1. The maximum Gasteiger partial charge on any atom is 0.371 e. The van der Waals surface area contributed by atoms with Gasteiger partial charge in [-0.05, 0) is 31.9 Å². The summed E-state index contributed by atoms with van der Waals surface area (Å²) >= 11 is 0. The normalized spacial score (nSPS) is 22.9. The molecule has 0 aromatic carbocycles. The summed E-state index contributed by atoms with van der Waals surface area (Å²) in [5.41, 5.74) is -0.335. The van der Waals surface area contributed by atoms with Gasteiger partial charge in [-0.1, -0.05) is 0 Å². The number of hydrogen-bond acceptors (Lipinski definition) is 4. The number of hydrogen-bond donors (Lipinski definition) is 2. The van der Waals surface area contributed by atoms with E-state index < -0.39 is 11.9 Å². The lowest BCUT2D eigenvalue weighted by atomic mass is 10.0. The average Bonchev–Trinajstić information content (AvgIpc) is 2.95. The Morgan fingerprint density at radius 2 is 2.17 bits per heavy atom. The minimum Gasteiger partial charge on any atom is -0.475 e. The Labute approximate surface area is 104 Å². The van der Waals surface area contributed by atoms with E-state index in [0.717, 1.165) is 12.8 Å². The molecule has 1 aliphatic heterocycles. The molecule has 1 aliphatic rings. The van der Waals surface area contributed by atoms with Gasteiger partial charge in [0.05, 0.1) is 5.60 Å². The van der Waals surface area contributed by atoms with Gasteiger partial charge >= 0.3 is 5.97 Å². The third-order valence-corrected chi connectivity index (χ3v) is 2.96. The van der Waals surface area contributed by atoms with Crippen molar-refractivity contribution < 1.29 is 23.8 Å². The van der Waals surface area contributed by atoms with E-state index in [4.69, 9.17) is 14.3 Å². The summed E-state index contributed by atoms with van der Waals surface area (Å²) in [7, 11) is 0. The average molecular weight is 253 g/mol. The first kappa shape index (κ1) is 12.6. The summed E-state index contributed by atoms with van der Waals surface area (Å²) in [4.78, 5) is 22.3. The van der Waals surface area contributed by atoms with Gasteiger partial charge in [-0.25, -0.2) is 4.79 Å². The maximum absolute atomic E-state index is 11.7. The molecule has 2 rings (SSSR count). The molecule has 1 fully saturated rings. The molecule has 1 saturated heterocycles. The van der Waals surface area contributed by atoms with Crippen molar-refractivity contribution in [3.8, 4) is 0 Å². The number of nitrogens with one attached hydrogen (secondary N) is 1. The van der Waals surface area contributed by atoms with E-state index in [1.807, 2.05) is 6.92 Å². The highest BCUT2D eigenvalue weighted by molar-refractivity contribution is 5.93. The fraction of sp³-hybridized carbons (Fsp3) is 0.500. The van der Waals surface area contributed by atoms with Crippen molar-refractivity contribution in [1.29, 1.82) is 0 Å². The number of furan rings is 1. The molecule has 2 N–H and O–H groups in total. The van der Waals surface area contributed by atoms with Crippen LogP contribution in [-0.4, -0.2) is 35.7 Å². The fourth-order valence-electron chi connectivity index (χ4n) is 1.91. The van der Waals surface area contributed by atoms with Crippen molar-refractivity contribution in [3.63, 3.8) is 0 Å². The molecule has 0 radical (unpaired) electrons. The molecule has 1 aromatic rings. The van der Waals surface area contributed by atoms with Crippen LogP contribution in [-0.2, 0) is 4.74 Å². The number of amides is 1. The van der Waals surface area contributed by atoms with Crippen LogP contribution in [0.25, 0.3) is 0 Å². The van der Waals surface area contributed by atoms with Crippen molar-refractivity contribution in [1.82, 2.24) is 5.32 Å². The van der Waals surface area contributed by atoms with E-state index in [9.17, 15) is 9.59 Å². The van der Waals surface area contributed by atoms with E-state index in [2.05, 4.69) is 5.32 Å². The van der Waals surface area contributed by atoms with Gasteiger partial charge in [-0.2, -0.15) is 0 Å². The van der Waals surface area contributed by atoms with Gasteiger partial charge in [0.1, 0.15) is 0 Å². The van der Waals surface area contributed by atoms with Crippen LogP contribution in [0.5, 0.6) is 0 Å². The fourth-order valence-corrected chi connectivity index (χ4v) is 1.91.